The van der Waals surface area contributed by atoms with E-state index in [1.165, 1.54) is 31.2 Å². The lowest BCUT2D eigenvalue weighted by Gasteiger charge is -2.73. The lowest BCUT2D eigenvalue weighted by molar-refractivity contribution is -0.205. The van der Waals surface area contributed by atoms with Crippen LogP contribution < -0.4 is 22.1 Å². The highest BCUT2D eigenvalue weighted by Crippen LogP contribution is 2.77. The number of hydrogen-bond acceptors (Lipinski definition) is 5. The summed E-state index contributed by atoms with van der Waals surface area (Å²) in [7, 11) is 6.43. The summed E-state index contributed by atoms with van der Waals surface area (Å²) in [5, 5.41) is 5.16. The van der Waals surface area contributed by atoms with Crippen LogP contribution in [0.5, 0.6) is 0 Å². The molecule has 15 heteroatoms. The predicted octanol–water partition coefficient (Wildman–Crippen LogP) is 8.95. The van der Waals surface area contributed by atoms with Crippen molar-refractivity contribution >= 4 is 23.6 Å². The molecule has 0 unspecified atom stereocenters. The summed E-state index contributed by atoms with van der Waals surface area (Å²) in [6, 6.07) is 0. The normalized spacial score (nSPS) is 27.6. The number of rotatable bonds is 10. The molecule has 7 aliphatic rings. The number of halogens is 6. The van der Waals surface area contributed by atoms with Gasteiger partial charge in [-0.3, -0.25) is 19.2 Å². The number of carbonyl (C=O) groups is 4. The van der Waals surface area contributed by atoms with Gasteiger partial charge in [-0.1, -0.05) is 75.8 Å². The molecule has 0 saturated heterocycles. The molecule has 6 N–H and O–H groups in total. The highest BCUT2D eigenvalue weighted by Gasteiger charge is 2.69. The topological polar surface area (TPSA) is 148 Å². The molecule has 0 aromatic carbocycles. The van der Waals surface area contributed by atoms with Crippen LogP contribution in [0.4, 0.5) is 26.3 Å². The molecular formula is C45H77F6N5O4. The minimum atomic E-state index is -2.68. The molecule has 0 aromatic heterocycles. The van der Waals surface area contributed by atoms with Gasteiger partial charge in [0.05, 0.1) is 21.7 Å². The predicted molar refractivity (Wildman–Crippen MR) is 224 cm³/mol. The molecule has 0 radical (unpaired) electrons. The SMILES string of the molecule is C=C(N)C12CC(C(C)C)(C1)C2.CC(C)C1(C(=O)N(C)C)CC(F)(F)C1.CC(C)C1(C(N)=O)CC(F)(F)C1.CNC(=O)C1(C(C)C)CC(F)(F)C1.CNC(=O)C1(C(C)C)CC1. The van der Waals surface area contributed by atoms with Gasteiger partial charge in [0.25, 0.3) is 0 Å². The third kappa shape index (κ3) is 10.4. The fourth-order valence-corrected chi connectivity index (χ4v) is 10.1. The van der Waals surface area contributed by atoms with E-state index >= 15 is 0 Å². The van der Waals surface area contributed by atoms with Gasteiger partial charge in [-0.25, -0.2) is 26.3 Å². The van der Waals surface area contributed by atoms with E-state index in [4.69, 9.17) is 11.5 Å². The molecule has 0 heterocycles. The molecule has 7 aliphatic carbocycles. The van der Waals surface area contributed by atoms with E-state index in [9.17, 15) is 45.5 Å². The third-order valence-electron chi connectivity index (χ3n) is 15.3. The van der Waals surface area contributed by atoms with Crippen LogP contribution in [0.2, 0.25) is 0 Å². The molecular weight excluding hydrogens is 789 g/mol. The molecule has 60 heavy (non-hydrogen) atoms. The zero-order chi connectivity index (χ0) is 47.0. The number of primary amides is 1. The van der Waals surface area contributed by atoms with Crippen LogP contribution in [0.25, 0.3) is 0 Å². The minimum Gasteiger partial charge on any atom is -0.402 e. The largest absolute Gasteiger partial charge is 0.402 e. The van der Waals surface area contributed by atoms with Crippen LogP contribution in [0, 0.1) is 62.1 Å². The Labute approximate surface area is 355 Å². The summed E-state index contributed by atoms with van der Waals surface area (Å²) in [6.45, 7) is 23.5. The number of amides is 4. The summed E-state index contributed by atoms with van der Waals surface area (Å²) < 4.78 is 76.2. The van der Waals surface area contributed by atoms with Crippen molar-refractivity contribution < 1.29 is 45.5 Å². The van der Waals surface area contributed by atoms with E-state index in [0.717, 1.165) is 24.5 Å². The second-order valence-electron chi connectivity index (χ2n) is 20.9. The number of alkyl halides is 6. The first kappa shape index (κ1) is 53.1. The highest BCUT2D eigenvalue weighted by molar-refractivity contribution is 5.85. The Hall–Kier alpha value is -3.00. The van der Waals surface area contributed by atoms with Crippen LogP contribution in [-0.4, -0.2) is 74.5 Å². The summed E-state index contributed by atoms with van der Waals surface area (Å²) in [5.74, 6) is -7.60. The van der Waals surface area contributed by atoms with Crippen LogP contribution in [0.15, 0.2) is 12.3 Å². The number of hydrogen-bond donors (Lipinski definition) is 4. The van der Waals surface area contributed by atoms with Gasteiger partial charge in [0, 0.05) is 77.8 Å². The molecule has 9 nitrogen and oxygen atoms in total. The molecule has 348 valence electrons. The standard InChI is InChI=1S/C10H17F2NO.C10H17N.C9H15F2NO.C8H13F2NO.C8H15NO/c1-7(2)9(8(14)13(3)4)5-10(11,12)6-9;1-7(2)9-4-10(5-9,6-9)8(3)11;1-6(2)8(7(13)12-3)4-9(10,11)5-8;1-5(2)7(6(11)12)3-8(9,10)4-7;1-6(2)8(4-5-8)7(10)9-3/h7H,5-6H2,1-4H3;7H,3-6,11H2,1-2H3;6H,4-5H2,1-3H3,(H,12,13);5H,3-4H2,1-2H3,(H2,11,12);6H,4-5H2,1-3H3,(H,9,10). The van der Waals surface area contributed by atoms with Gasteiger partial charge < -0.3 is 27.0 Å². The van der Waals surface area contributed by atoms with E-state index in [0.29, 0.717) is 16.7 Å². The fourth-order valence-electron chi connectivity index (χ4n) is 10.1. The van der Waals surface area contributed by atoms with Crippen molar-refractivity contribution in [3.05, 3.63) is 12.3 Å². The van der Waals surface area contributed by atoms with Crippen LogP contribution in [-0.2, 0) is 19.2 Å². The number of nitrogens with zero attached hydrogens (tertiary/aromatic N) is 1. The lowest BCUT2D eigenvalue weighted by Crippen LogP contribution is -2.65. The Balaban J connectivity index is 0.000000259. The van der Waals surface area contributed by atoms with E-state index in [-0.39, 0.29) is 79.4 Å². The molecule has 7 fully saturated rings. The van der Waals surface area contributed by atoms with Crippen molar-refractivity contribution in [2.75, 3.05) is 28.2 Å². The number of nitrogens with two attached hydrogens (primary N) is 2. The molecule has 0 atom stereocenters. The van der Waals surface area contributed by atoms with Crippen molar-refractivity contribution in [3.8, 4) is 0 Å². The van der Waals surface area contributed by atoms with Crippen molar-refractivity contribution in [2.24, 2.45) is 73.5 Å². The molecule has 7 rings (SSSR count). The zero-order valence-corrected chi connectivity index (χ0v) is 38.9. The maximum atomic E-state index is 12.8. The minimum absolute atomic E-state index is 0.00868. The van der Waals surface area contributed by atoms with Gasteiger partial charge >= 0.3 is 0 Å². The van der Waals surface area contributed by atoms with E-state index < -0.39 is 39.9 Å². The van der Waals surface area contributed by atoms with Gasteiger partial charge in [-0.2, -0.15) is 0 Å². The average Bonchev–Trinajstić information content (AvgIpc) is 3.85. The lowest BCUT2D eigenvalue weighted by atomic mass is 9.32. The van der Waals surface area contributed by atoms with Gasteiger partial charge in [0.15, 0.2) is 0 Å². The Kier molecular flexibility index (Phi) is 15.9. The summed E-state index contributed by atoms with van der Waals surface area (Å²) in [6.07, 6.45) is 4.11. The van der Waals surface area contributed by atoms with Crippen LogP contribution in [0.3, 0.4) is 0 Å². The van der Waals surface area contributed by atoms with Gasteiger partial charge in [-0.05, 0) is 67.1 Å². The molecule has 2 bridgehead atoms. The van der Waals surface area contributed by atoms with E-state index in [1.807, 2.05) is 27.7 Å². The van der Waals surface area contributed by atoms with Gasteiger partial charge in [0.2, 0.25) is 41.4 Å². The Morgan fingerprint density at radius 3 is 1.00 bits per heavy atom. The first-order valence-corrected chi connectivity index (χ1v) is 21.5. The number of carbonyl (C=O) groups excluding carboxylic acids is 4. The highest BCUT2D eigenvalue weighted by atomic mass is 19.3. The van der Waals surface area contributed by atoms with Crippen LogP contribution >= 0.6 is 0 Å². The maximum absolute atomic E-state index is 12.8. The van der Waals surface area contributed by atoms with E-state index in [2.05, 4.69) is 44.9 Å². The van der Waals surface area contributed by atoms with Crippen molar-refractivity contribution in [2.45, 2.75) is 158 Å². The molecule has 0 spiro atoms. The average molecular weight is 866 g/mol. The zero-order valence-electron chi connectivity index (χ0n) is 38.9. The number of nitrogens with one attached hydrogen (secondary N) is 2. The quantitative estimate of drug-likeness (QED) is 0.162. The first-order valence-electron chi connectivity index (χ1n) is 21.5. The van der Waals surface area contributed by atoms with Gasteiger partial charge in [0.1, 0.15) is 0 Å². The Bertz CT molecular complexity index is 1540. The van der Waals surface area contributed by atoms with Gasteiger partial charge in [-0.15, -0.1) is 0 Å². The maximum Gasteiger partial charge on any atom is 0.250 e. The fraction of sp³-hybridized carbons (Fsp3) is 0.867. The summed E-state index contributed by atoms with van der Waals surface area (Å²) in [4.78, 5) is 46.7. The molecule has 0 aliphatic heterocycles. The second kappa shape index (κ2) is 18.0. The molecule has 7 saturated carbocycles. The Morgan fingerprint density at radius 2 is 0.817 bits per heavy atom. The number of allylic oxidation sites excluding steroid dienone is 1. The van der Waals surface area contributed by atoms with Crippen molar-refractivity contribution in [1.29, 1.82) is 0 Å². The summed E-state index contributed by atoms with van der Waals surface area (Å²) in [5.41, 5.74) is 10.2. The smallest absolute Gasteiger partial charge is 0.250 e. The molecule has 4 amide bonds. The Morgan fingerprint density at radius 1 is 0.517 bits per heavy atom. The van der Waals surface area contributed by atoms with Crippen molar-refractivity contribution in [1.82, 2.24) is 15.5 Å². The monoisotopic (exact) mass is 866 g/mol. The summed E-state index contributed by atoms with van der Waals surface area (Å²) >= 11 is 0. The third-order valence-corrected chi connectivity index (χ3v) is 15.3. The first-order chi connectivity index (χ1) is 27.0. The second-order valence-corrected chi connectivity index (χ2v) is 20.9. The van der Waals surface area contributed by atoms with Crippen molar-refractivity contribution in [3.63, 3.8) is 0 Å². The van der Waals surface area contributed by atoms with Crippen LogP contribution in [0.1, 0.15) is 140 Å². The molecule has 0 aromatic rings. The van der Waals surface area contributed by atoms with E-state index in [1.54, 1.807) is 35.0 Å².